The predicted molar refractivity (Wildman–Crippen MR) is 75.4 cm³/mol. The quantitative estimate of drug-likeness (QED) is 0.180. The highest BCUT2D eigenvalue weighted by Crippen LogP contribution is 2.60. The molecular formula is C14H5F25O4. The SMILES string of the molecule is CC(F)(F)C(F)(F)C(F)(F)OC(F)(C(F)(F)F)C(F)(F)OC(F)(C(F)(F)F)C(F)(F)OC(F)(C(F)(F)F)C(F)(F)OCF. The van der Waals surface area contributed by atoms with Crippen molar-refractivity contribution in [2.75, 3.05) is 6.86 Å². The standard InChI is InChI=1S/C14H5F25O4/c1-3(16,17)4(18,19)11(32,33)41-6(21,9(26,27)28)13(36,37)43-7(22,10(29,30)31)14(38,39)42-5(20,8(23,24)25)12(34,35)40-2-15/h2H2,1H3. The Hall–Kier alpha value is -1.91. The van der Waals surface area contributed by atoms with E-state index in [0.717, 1.165) is 4.74 Å². The molecule has 0 aromatic heterocycles. The van der Waals surface area contributed by atoms with E-state index in [1.165, 1.54) is 9.47 Å². The molecule has 0 aliphatic rings. The van der Waals surface area contributed by atoms with E-state index in [9.17, 15) is 110 Å². The number of rotatable bonds is 13. The fourth-order valence-corrected chi connectivity index (χ4v) is 1.99. The summed E-state index contributed by atoms with van der Waals surface area (Å²) >= 11 is 0. The molecule has 0 fully saturated rings. The zero-order valence-corrected chi connectivity index (χ0v) is 18.8. The second-order valence-electron chi connectivity index (χ2n) is 7.37. The van der Waals surface area contributed by atoms with Gasteiger partial charge in [-0.15, -0.1) is 0 Å². The third-order valence-electron chi connectivity index (χ3n) is 4.18. The van der Waals surface area contributed by atoms with E-state index in [4.69, 9.17) is 0 Å². The van der Waals surface area contributed by atoms with Crippen LogP contribution in [0.5, 0.6) is 0 Å². The first-order chi connectivity index (χ1) is 18.2. The minimum atomic E-state index is -8.81. The highest BCUT2D eigenvalue weighted by Gasteiger charge is 2.89. The maximum Gasteiger partial charge on any atom is 0.458 e. The Labute approximate surface area is 216 Å². The van der Waals surface area contributed by atoms with Crippen molar-refractivity contribution in [1.82, 2.24) is 0 Å². The van der Waals surface area contributed by atoms with Crippen LogP contribution in [-0.2, 0) is 18.9 Å². The van der Waals surface area contributed by atoms with Crippen LogP contribution in [0.4, 0.5) is 110 Å². The molecule has 0 bridgehead atoms. The molecule has 0 aromatic carbocycles. The van der Waals surface area contributed by atoms with E-state index in [2.05, 4.69) is 0 Å². The van der Waals surface area contributed by atoms with Crippen molar-refractivity contribution in [1.29, 1.82) is 0 Å². The first-order valence-electron chi connectivity index (χ1n) is 9.02. The summed E-state index contributed by atoms with van der Waals surface area (Å²) in [5.74, 6) is -39.6. The van der Waals surface area contributed by atoms with Gasteiger partial charge in [0.1, 0.15) is 0 Å². The molecule has 0 aliphatic carbocycles. The van der Waals surface area contributed by atoms with Gasteiger partial charge in [-0.3, -0.25) is 18.9 Å². The Kier molecular flexibility index (Phi) is 10.4. The predicted octanol–water partition coefficient (Wildman–Crippen LogP) is 8.33. The molecule has 260 valence electrons. The molecule has 0 saturated carbocycles. The van der Waals surface area contributed by atoms with Gasteiger partial charge in [0.05, 0.1) is 0 Å². The molecule has 0 spiro atoms. The smallest absolute Gasteiger partial charge is 0.284 e. The Morgan fingerprint density at radius 3 is 0.814 bits per heavy atom. The van der Waals surface area contributed by atoms with Gasteiger partial charge in [0.15, 0.2) is 6.86 Å². The molecule has 3 atom stereocenters. The zero-order chi connectivity index (χ0) is 35.5. The van der Waals surface area contributed by atoms with Crippen molar-refractivity contribution >= 4 is 0 Å². The van der Waals surface area contributed by atoms with Gasteiger partial charge in [0.2, 0.25) is 0 Å². The van der Waals surface area contributed by atoms with Gasteiger partial charge in [-0.2, -0.15) is 105 Å². The molecule has 3 unspecified atom stereocenters. The van der Waals surface area contributed by atoms with Crippen molar-refractivity contribution in [2.24, 2.45) is 0 Å². The molecule has 0 heterocycles. The van der Waals surface area contributed by atoms with Crippen LogP contribution in [0.25, 0.3) is 0 Å². The highest BCUT2D eigenvalue weighted by atomic mass is 19.4. The second kappa shape index (κ2) is 10.9. The number of ether oxygens (including phenoxy) is 4. The van der Waals surface area contributed by atoms with E-state index in [1.807, 2.05) is 4.74 Å². The van der Waals surface area contributed by atoms with E-state index in [1.54, 1.807) is 0 Å². The van der Waals surface area contributed by atoms with Gasteiger partial charge in [-0.25, -0.2) is 4.39 Å². The van der Waals surface area contributed by atoms with E-state index < -0.39 is 86.2 Å². The second-order valence-corrected chi connectivity index (χ2v) is 7.37. The summed E-state index contributed by atoms with van der Waals surface area (Å²) in [6.45, 7) is -4.78. The number of hydrogen-bond acceptors (Lipinski definition) is 4. The molecule has 43 heavy (non-hydrogen) atoms. The molecule has 0 amide bonds. The maximum atomic E-state index is 14.2. The zero-order valence-electron chi connectivity index (χ0n) is 18.8. The summed E-state index contributed by atoms with van der Waals surface area (Å²) in [6.07, 6.45) is -57.9. The summed E-state index contributed by atoms with van der Waals surface area (Å²) in [4.78, 5) is 0. The summed E-state index contributed by atoms with van der Waals surface area (Å²) in [5, 5.41) is 0. The van der Waals surface area contributed by atoms with Gasteiger partial charge in [-0.1, -0.05) is 0 Å². The van der Waals surface area contributed by atoms with Gasteiger partial charge in [-0.05, 0) is 0 Å². The lowest BCUT2D eigenvalue weighted by Crippen LogP contribution is -2.71. The molecule has 0 rings (SSSR count). The molecule has 4 nitrogen and oxygen atoms in total. The third-order valence-corrected chi connectivity index (χ3v) is 4.18. The number of halogens is 25. The van der Waals surface area contributed by atoms with Crippen LogP contribution in [0.15, 0.2) is 0 Å². The van der Waals surface area contributed by atoms with Gasteiger partial charge in [0.25, 0.3) is 0 Å². The molecule has 0 aromatic rings. The van der Waals surface area contributed by atoms with Crippen molar-refractivity contribution in [3.05, 3.63) is 0 Å². The molecular weight excluding hydrogens is 707 g/mol. The minimum Gasteiger partial charge on any atom is -0.284 e. The monoisotopic (exact) mass is 712 g/mol. The average Bonchev–Trinajstić information content (AvgIpc) is 2.68. The fraction of sp³-hybridized carbons (Fsp3) is 1.00. The van der Waals surface area contributed by atoms with Crippen molar-refractivity contribution in [3.8, 4) is 0 Å². The lowest BCUT2D eigenvalue weighted by Gasteiger charge is -2.43. The molecule has 0 saturated heterocycles. The van der Waals surface area contributed by atoms with Crippen molar-refractivity contribution in [2.45, 2.75) is 79.3 Å². The highest BCUT2D eigenvalue weighted by molar-refractivity contribution is 4.99. The van der Waals surface area contributed by atoms with Crippen LogP contribution in [0.2, 0.25) is 0 Å². The molecule has 0 radical (unpaired) electrons. The summed E-state index contributed by atoms with van der Waals surface area (Å²) in [7, 11) is 0. The van der Waals surface area contributed by atoms with Crippen LogP contribution >= 0.6 is 0 Å². The summed E-state index contributed by atoms with van der Waals surface area (Å²) in [6, 6.07) is 0. The summed E-state index contributed by atoms with van der Waals surface area (Å²) < 4.78 is 335. The van der Waals surface area contributed by atoms with Crippen LogP contribution in [0.3, 0.4) is 0 Å². The number of alkyl halides is 25. The lowest BCUT2D eigenvalue weighted by molar-refractivity contribution is -0.588. The van der Waals surface area contributed by atoms with Crippen molar-refractivity contribution in [3.63, 3.8) is 0 Å². The Bertz CT molecular complexity index is 963. The molecule has 0 N–H and O–H groups in total. The fourth-order valence-electron chi connectivity index (χ4n) is 1.99. The normalized spacial score (nSPS) is 20.0. The summed E-state index contributed by atoms with van der Waals surface area (Å²) in [5.41, 5.74) is 0. The Balaban J connectivity index is 7.39. The third kappa shape index (κ3) is 6.86. The maximum absolute atomic E-state index is 14.2. The van der Waals surface area contributed by atoms with E-state index >= 15 is 0 Å². The van der Waals surface area contributed by atoms with Crippen LogP contribution in [0, 0.1) is 0 Å². The minimum absolute atomic E-state index is 1.04. The van der Waals surface area contributed by atoms with Crippen molar-refractivity contribution < 1.29 is 129 Å². The van der Waals surface area contributed by atoms with Gasteiger partial charge in [0, 0.05) is 6.92 Å². The Morgan fingerprint density at radius 2 is 0.605 bits per heavy atom. The first-order valence-corrected chi connectivity index (χ1v) is 9.02. The van der Waals surface area contributed by atoms with Gasteiger partial charge < -0.3 is 0 Å². The molecule has 29 heteroatoms. The van der Waals surface area contributed by atoms with Crippen LogP contribution < -0.4 is 0 Å². The van der Waals surface area contributed by atoms with E-state index in [-0.39, 0.29) is 0 Å². The van der Waals surface area contributed by atoms with Crippen LogP contribution in [0.1, 0.15) is 6.92 Å². The van der Waals surface area contributed by atoms with Crippen LogP contribution in [-0.4, -0.2) is 79.2 Å². The topological polar surface area (TPSA) is 36.9 Å². The van der Waals surface area contributed by atoms with E-state index in [0.29, 0.717) is 0 Å². The average molecular weight is 712 g/mol. The first kappa shape index (κ1) is 41.1. The molecule has 0 aliphatic heterocycles. The lowest BCUT2D eigenvalue weighted by atomic mass is 10.1. The number of hydrogen-bond donors (Lipinski definition) is 0. The van der Waals surface area contributed by atoms with Gasteiger partial charge >= 0.3 is 72.4 Å². The Morgan fingerprint density at radius 1 is 0.372 bits per heavy atom. The largest absolute Gasteiger partial charge is 0.458 e.